The van der Waals surface area contributed by atoms with Gasteiger partial charge in [0.15, 0.2) is 0 Å². The van der Waals surface area contributed by atoms with E-state index in [1.165, 1.54) is 4.31 Å². The number of ether oxygens (including phenoxy) is 1. The molecule has 6 nitrogen and oxygen atoms in total. The average Bonchev–Trinajstić information content (AvgIpc) is 2.14. The Balaban J connectivity index is 2.19. The Labute approximate surface area is 94.8 Å². The summed E-state index contributed by atoms with van der Waals surface area (Å²) in [6.07, 6.45) is 2.17. The van der Waals surface area contributed by atoms with Crippen LogP contribution in [0.2, 0.25) is 0 Å². The standard InChI is InChI=1S/C9H16N2O4S/c10-9(12)8-3-1-2-4-11(8)16(13,14)7-5-15-6-7/h7-8H,1-6H2,(H2,10,12). The summed E-state index contributed by atoms with van der Waals surface area (Å²) in [5.41, 5.74) is 5.24. The Hall–Kier alpha value is -0.660. The van der Waals surface area contributed by atoms with Crippen LogP contribution in [0, 0.1) is 0 Å². The first-order valence-corrected chi connectivity index (χ1v) is 6.91. The predicted molar refractivity (Wildman–Crippen MR) is 57.1 cm³/mol. The lowest BCUT2D eigenvalue weighted by atomic mass is 10.0. The number of amides is 1. The lowest BCUT2D eigenvalue weighted by Crippen LogP contribution is -2.56. The van der Waals surface area contributed by atoms with Crippen molar-refractivity contribution in [3.05, 3.63) is 0 Å². The van der Waals surface area contributed by atoms with Gasteiger partial charge in [-0.1, -0.05) is 6.42 Å². The fraction of sp³-hybridized carbons (Fsp3) is 0.889. The summed E-state index contributed by atoms with van der Waals surface area (Å²) in [7, 11) is -3.41. The number of hydrogen-bond donors (Lipinski definition) is 1. The molecule has 0 radical (unpaired) electrons. The third-order valence-electron chi connectivity index (χ3n) is 3.14. The van der Waals surface area contributed by atoms with Gasteiger partial charge >= 0.3 is 0 Å². The van der Waals surface area contributed by atoms with Crippen molar-refractivity contribution < 1.29 is 17.9 Å². The van der Waals surface area contributed by atoms with Crippen LogP contribution in [0.4, 0.5) is 0 Å². The monoisotopic (exact) mass is 248 g/mol. The first kappa shape index (κ1) is 11.8. The number of rotatable bonds is 3. The van der Waals surface area contributed by atoms with Crippen molar-refractivity contribution in [3.63, 3.8) is 0 Å². The van der Waals surface area contributed by atoms with Crippen LogP contribution < -0.4 is 5.73 Å². The lowest BCUT2D eigenvalue weighted by molar-refractivity contribution is -0.122. The summed E-state index contributed by atoms with van der Waals surface area (Å²) in [5, 5.41) is -0.493. The van der Waals surface area contributed by atoms with E-state index < -0.39 is 27.2 Å². The summed E-state index contributed by atoms with van der Waals surface area (Å²) in [6.45, 7) is 0.848. The average molecular weight is 248 g/mol. The van der Waals surface area contributed by atoms with Crippen molar-refractivity contribution in [1.82, 2.24) is 4.31 Å². The van der Waals surface area contributed by atoms with E-state index in [0.717, 1.165) is 12.8 Å². The Bertz CT molecular complexity index is 377. The fourth-order valence-electron chi connectivity index (χ4n) is 2.07. The van der Waals surface area contributed by atoms with Crippen molar-refractivity contribution in [3.8, 4) is 0 Å². The SMILES string of the molecule is NC(=O)C1CCCCN1S(=O)(=O)C1COC1. The summed E-state index contributed by atoms with van der Waals surface area (Å²) in [6, 6.07) is -0.667. The van der Waals surface area contributed by atoms with Gasteiger partial charge in [0.2, 0.25) is 15.9 Å². The number of primary amides is 1. The molecule has 92 valence electrons. The molecular weight excluding hydrogens is 232 g/mol. The molecule has 2 rings (SSSR count). The van der Waals surface area contributed by atoms with Crippen LogP contribution in [-0.4, -0.2) is 49.7 Å². The summed E-state index contributed by atoms with van der Waals surface area (Å²) >= 11 is 0. The van der Waals surface area contributed by atoms with Gasteiger partial charge in [-0.25, -0.2) is 8.42 Å². The van der Waals surface area contributed by atoms with Gasteiger partial charge in [0, 0.05) is 6.54 Å². The third-order valence-corrected chi connectivity index (χ3v) is 5.34. The van der Waals surface area contributed by atoms with Gasteiger partial charge in [-0.2, -0.15) is 4.31 Å². The molecule has 16 heavy (non-hydrogen) atoms. The quantitative estimate of drug-likeness (QED) is 0.697. The van der Waals surface area contributed by atoms with Gasteiger partial charge in [0.1, 0.15) is 11.3 Å². The number of nitrogens with zero attached hydrogens (tertiary/aromatic N) is 1. The zero-order valence-corrected chi connectivity index (χ0v) is 9.78. The van der Waals surface area contributed by atoms with Crippen LogP contribution in [0.5, 0.6) is 0 Å². The normalized spacial score (nSPS) is 28.6. The molecular formula is C9H16N2O4S. The van der Waals surface area contributed by atoms with Crippen molar-refractivity contribution in [1.29, 1.82) is 0 Å². The molecule has 0 bridgehead atoms. The van der Waals surface area contributed by atoms with Gasteiger partial charge in [-0.05, 0) is 12.8 Å². The maximum absolute atomic E-state index is 12.1. The highest BCUT2D eigenvalue weighted by Crippen LogP contribution is 2.25. The smallest absolute Gasteiger partial charge is 0.235 e. The molecule has 1 unspecified atom stereocenters. The number of carbonyl (C=O) groups is 1. The molecule has 2 aliphatic heterocycles. The Kier molecular flexibility index (Phi) is 3.18. The van der Waals surface area contributed by atoms with Gasteiger partial charge in [-0.3, -0.25) is 4.79 Å². The van der Waals surface area contributed by atoms with Crippen molar-refractivity contribution >= 4 is 15.9 Å². The summed E-state index contributed by atoms with van der Waals surface area (Å²) < 4.78 is 30.4. The second-order valence-electron chi connectivity index (χ2n) is 4.23. The van der Waals surface area contributed by atoms with E-state index in [4.69, 9.17) is 10.5 Å². The van der Waals surface area contributed by atoms with Crippen molar-refractivity contribution in [2.45, 2.75) is 30.6 Å². The van der Waals surface area contributed by atoms with Gasteiger partial charge in [0.05, 0.1) is 13.2 Å². The van der Waals surface area contributed by atoms with Crippen LogP contribution in [0.15, 0.2) is 0 Å². The first-order chi connectivity index (χ1) is 7.53. The Morgan fingerprint density at radius 3 is 2.50 bits per heavy atom. The summed E-state index contributed by atoms with van der Waals surface area (Å²) in [4.78, 5) is 11.2. The highest BCUT2D eigenvalue weighted by atomic mass is 32.2. The lowest BCUT2D eigenvalue weighted by Gasteiger charge is -2.37. The molecule has 1 atom stereocenters. The number of nitrogens with two attached hydrogens (primary N) is 1. The van der Waals surface area contributed by atoms with E-state index in [1.54, 1.807) is 0 Å². The van der Waals surface area contributed by atoms with Gasteiger partial charge < -0.3 is 10.5 Å². The van der Waals surface area contributed by atoms with Gasteiger partial charge in [0.25, 0.3) is 0 Å². The molecule has 2 saturated heterocycles. The van der Waals surface area contributed by atoms with Crippen molar-refractivity contribution in [2.75, 3.05) is 19.8 Å². The van der Waals surface area contributed by atoms with E-state index in [1.807, 2.05) is 0 Å². The minimum absolute atomic E-state index is 0.227. The molecule has 0 aromatic carbocycles. The second kappa shape index (κ2) is 4.31. The highest BCUT2D eigenvalue weighted by molar-refractivity contribution is 7.89. The zero-order valence-electron chi connectivity index (χ0n) is 8.96. The first-order valence-electron chi connectivity index (χ1n) is 5.41. The number of sulfonamides is 1. The third kappa shape index (κ3) is 1.94. The van der Waals surface area contributed by atoms with E-state index in [2.05, 4.69) is 0 Å². The highest BCUT2D eigenvalue weighted by Gasteiger charge is 2.42. The molecule has 0 aromatic rings. The van der Waals surface area contributed by atoms with Crippen LogP contribution >= 0.6 is 0 Å². The molecule has 2 N–H and O–H groups in total. The number of piperidine rings is 1. The fourth-order valence-corrected chi connectivity index (χ4v) is 3.94. The second-order valence-corrected chi connectivity index (χ2v) is 6.39. The maximum Gasteiger partial charge on any atom is 0.235 e. The number of carbonyl (C=O) groups excluding carboxylic acids is 1. The maximum atomic E-state index is 12.1. The molecule has 0 aromatic heterocycles. The van der Waals surface area contributed by atoms with E-state index >= 15 is 0 Å². The molecule has 0 saturated carbocycles. The topological polar surface area (TPSA) is 89.7 Å². The molecule has 7 heteroatoms. The van der Waals surface area contributed by atoms with Crippen LogP contribution in [0.3, 0.4) is 0 Å². The van der Waals surface area contributed by atoms with E-state index in [-0.39, 0.29) is 13.2 Å². The molecule has 2 aliphatic rings. The predicted octanol–water partition coefficient (Wildman–Crippen LogP) is -0.945. The van der Waals surface area contributed by atoms with Crippen LogP contribution in [-0.2, 0) is 19.6 Å². The van der Waals surface area contributed by atoms with Crippen LogP contribution in [0.25, 0.3) is 0 Å². The minimum Gasteiger partial charge on any atom is -0.378 e. The molecule has 0 spiro atoms. The van der Waals surface area contributed by atoms with E-state index in [0.29, 0.717) is 13.0 Å². The Morgan fingerprint density at radius 2 is 2.00 bits per heavy atom. The molecule has 0 aliphatic carbocycles. The van der Waals surface area contributed by atoms with Gasteiger partial charge in [-0.15, -0.1) is 0 Å². The van der Waals surface area contributed by atoms with Crippen molar-refractivity contribution in [2.24, 2.45) is 5.73 Å². The van der Waals surface area contributed by atoms with E-state index in [9.17, 15) is 13.2 Å². The minimum atomic E-state index is -3.41. The molecule has 1 amide bonds. The zero-order chi connectivity index (χ0) is 11.8. The largest absolute Gasteiger partial charge is 0.378 e. The van der Waals surface area contributed by atoms with Crippen LogP contribution in [0.1, 0.15) is 19.3 Å². The number of hydrogen-bond acceptors (Lipinski definition) is 4. The summed E-state index contributed by atoms with van der Waals surface area (Å²) in [5.74, 6) is -0.552. The molecule has 2 heterocycles. The Morgan fingerprint density at radius 1 is 1.31 bits per heavy atom. The molecule has 2 fully saturated rings.